The first kappa shape index (κ1) is 13.6. The maximum absolute atomic E-state index is 2.38. The number of benzene rings is 1. The average Bonchev–Trinajstić information content (AvgIpc) is 2.67. The zero-order valence-corrected chi connectivity index (χ0v) is 12.5. The van der Waals surface area contributed by atoms with Gasteiger partial charge >= 0.3 is 0 Å². The van der Waals surface area contributed by atoms with Gasteiger partial charge < -0.3 is 4.48 Å². The quantitative estimate of drug-likeness (QED) is 0.703. The highest BCUT2D eigenvalue weighted by Gasteiger charge is 2.35. The molecule has 2 rings (SSSR count). The molecule has 0 spiro atoms. The van der Waals surface area contributed by atoms with Crippen LogP contribution in [0.1, 0.15) is 44.7 Å². The average molecular weight is 246 g/mol. The van der Waals surface area contributed by atoms with Crippen LogP contribution in [0.15, 0.2) is 24.3 Å². The number of rotatable bonds is 3. The first-order chi connectivity index (χ1) is 8.39. The van der Waals surface area contributed by atoms with E-state index in [1.165, 1.54) is 54.6 Å². The van der Waals surface area contributed by atoms with E-state index in [0.717, 1.165) is 0 Å². The largest absolute Gasteiger partial charge is 0.319 e. The SMILES string of the molecule is Cc1ccc(C[N+]2(CC(C)(C)C)CCCC2)cc1. The minimum Gasteiger partial charge on any atom is -0.319 e. The number of quaternary nitrogens is 1. The molecule has 1 heteroatoms. The van der Waals surface area contributed by atoms with Crippen LogP contribution in [0, 0.1) is 12.3 Å². The van der Waals surface area contributed by atoms with Gasteiger partial charge in [-0.2, -0.15) is 0 Å². The van der Waals surface area contributed by atoms with Gasteiger partial charge in [-0.15, -0.1) is 0 Å². The fraction of sp³-hybridized carbons (Fsp3) is 0.647. The molecule has 1 aliphatic heterocycles. The molecule has 0 radical (unpaired) electrons. The van der Waals surface area contributed by atoms with Crippen molar-refractivity contribution in [1.82, 2.24) is 0 Å². The fourth-order valence-electron chi connectivity index (χ4n) is 3.47. The molecule has 18 heavy (non-hydrogen) atoms. The van der Waals surface area contributed by atoms with E-state index in [4.69, 9.17) is 0 Å². The lowest BCUT2D eigenvalue weighted by Gasteiger charge is -2.39. The maximum atomic E-state index is 2.38. The second-order valence-electron chi connectivity index (χ2n) is 7.36. The first-order valence-corrected chi connectivity index (χ1v) is 7.29. The van der Waals surface area contributed by atoms with Gasteiger partial charge in [-0.3, -0.25) is 0 Å². The summed E-state index contributed by atoms with van der Waals surface area (Å²) < 4.78 is 1.30. The van der Waals surface area contributed by atoms with Gasteiger partial charge in [0.2, 0.25) is 0 Å². The summed E-state index contributed by atoms with van der Waals surface area (Å²) in [6, 6.07) is 9.13. The normalized spacial score (nSPS) is 19.1. The topological polar surface area (TPSA) is 0 Å². The molecule has 1 fully saturated rings. The van der Waals surface area contributed by atoms with Crippen LogP contribution < -0.4 is 0 Å². The molecule has 0 amide bonds. The molecule has 0 saturated carbocycles. The zero-order chi connectivity index (χ0) is 13.2. The Kier molecular flexibility index (Phi) is 3.82. The number of likely N-dealkylation sites (tertiary alicyclic amines) is 1. The molecule has 1 aromatic rings. The maximum Gasteiger partial charge on any atom is 0.104 e. The molecule has 0 aliphatic carbocycles. The van der Waals surface area contributed by atoms with E-state index in [1.807, 2.05) is 0 Å². The summed E-state index contributed by atoms with van der Waals surface area (Å²) in [5, 5.41) is 0. The molecule has 100 valence electrons. The summed E-state index contributed by atoms with van der Waals surface area (Å²) in [4.78, 5) is 0. The van der Waals surface area contributed by atoms with Crippen molar-refractivity contribution in [3.05, 3.63) is 35.4 Å². The van der Waals surface area contributed by atoms with Crippen molar-refractivity contribution in [2.24, 2.45) is 5.41 Å². The third-order valence-corrected chi connectivity index (χ3v) is 3.96. The Bertz CT molecular complexity index is 377. The first-order valence-electron chi connectivity index (χ1n) is 7.29. The van der Waals surface area contributed by atoms with E-state index < -0.39 is 0 Å². The third kappa shape index (κ3) is 3.58. The second kappa shape index (κ2) is 5.05. The Labute approximate surface area is 112 Å². The minimum absolute atomic E-state index is 0.426. The van der Waals surface area contributed by atoms with Gasteiger partial charge in [-0.25, -0.2) is 0 Å². The Morgan fingerprint density at radius 2 is 1.56 bits per heavy atom. The lowest BCUT2D eigenvalue weighted by molar-refractivity contribution is -0.935. The lowest BCUT2D eigenvalue weighted by Crippen LogP contribution is -2.49. The Morgan fingerprint density at radius 1 is 1.00 bits per heavy atom. The summed E-state index contributed by atoms with van der Waals surface area (Å²) in [5.41, 5.74) is 3.30. The van der Waals surface area contributed by atoms with Crippen molar-refractivity contribution in [2.75, 3.05) is 19.6 Å². The third-order valence-electron chi connectivity index (χ3n) is 3.96. The highest BCUT2D eigenvalue weighted by molar-refractivity contribution is 5.20. The summed E-state index contributed by atoms with van der Waals surface area (Å²) in [5.74, 6) is 0. The molecule has 0 N–H and O–H groups in total. The molecule has 1 saturated heterocycles. The molecule has 0 bridgehead atoms. The Balaban J connectivity index is 2.13. The van der Waals surface area contributed by atoms with E-state index in [2.05, 4.69) is 52.0 Å². The van der Waals surface area contributed by atoms with Crippen LogP contribution in [0.4, 0.5) is 0 Å². The van der Waals surface area contributed by atoms with E-state index in [9.17, 15) is 0 Å². The van der Waals surface area contributed by atoms with Crippen molar-refractivity contribution in [1.29, 1.82) is 0 Å². The molecule has 0 unspecified atom stereocenters. The van der Waals surface area contributed by atoms with Crippen LogP contribution in [0.25, 0.3) is 0 Å². The van der Waals surface area contributed by atoms with Crippen molar-refractivity contribution in [3.8, 4) is 0 Å². The van der Waals surface area contributed by atoms with E-state index >= 15 is 0 Å². The summed E-state index contributed by atoms with van der Waals surface area (Å²) in [6.45, 7) is 14.6. The molecule has 1 nitrogen and oxygen atoms in total. The standard InChI is InChI=1S/C17H28N/c1-15-7-9-16(10-8-15)13-18(11-5-6-12-18)14-17(2,3)4/h7-10H,5-6,11-14H2,1-4H3/q+1. The van der Waals surface area contributed by atoms with Gasteiger partial charge in [0.15, 0.2) is 0 Å². The van der Waals surface area contributed by atoms with Crippen LogP contribution >= 0.6 is 0 Å². The molecule has 1 heterocycles. The van der Waals surface area contributed by atoms with Crippen molar-refractivity contribution in [2.45, 2.75) is 47.1 Å². The van der Waals surface area contributed by atoms with Gasteiger partial charge in [-0.1, -0.05) is 50.6 Å². The van der Waals surface area contributed by atoms with Gasteiger partial charge in [0.25, 0.3) is 0 Å². The predicted molar refractivity (Wildman–Crippen MR) is 78.4 cm³/mol. The molecule has 1 aromatic carbocycles. The smallest absolute Gasteiger partial charge is 0.104 e. The Hall–Kier alpha value is -0.820. The van der Waals surface area contributed by atoms with E-state index in [1.54, 1.807) is 0 Å². The fourth-order valence-corrected chi connectivity index (χ4v) is 3.47. The number of aryl methyl sites for hydroxylation is 1. The minimum atomic E-state index is 0.426. The monoisotopic (exact) mass is 246 g/mol. The highest BCUT2D eigenvalue weighted by Crippen LogP contribution is 2.29. The van der Waals surface area contributed by atoms with E-state index in [-0.39, 0.29) is 0 Å². The molecular formula is C17H28N+. The van der Waals surface area contributed by atoms with Crippen molar-refractivity contribution in [3.63, 3.8) is 0 Å². The van der Waals surface area contributed by atoms with Crippen LogP contribution in [0.5, 0.6) is 0 Å². The van der Waals surface area contributed by atoms with Gasteiger partial charge in [0.05, 0.1) is 19.6 Å². The summed E-state index contributed by atoms with van der Waals surface area (Å²) >= 11 is 0. The molecule has 0 aromatic heterocycles. The zero-order valence-electron chi connectivity index (χ0n) is 12.5. The highest BCUT2D eigenvalue weighted by atomic mass is 15.4. The molecular weight excluding hydrogens is 218 g/mol. The predicted octanol–water partition coefficient (Wildman–Crippen LogP) is 4.15. The number of hydrogen-bond donors (Lipinski definition) is 0. The number of nitrogens with zero attached hydrogens (tertiary/aromatic N) is 1. The molecule has 0 atom stereocenters. The van der Waals surface area contributed by atoms with Crippen LogP contribution in [-0.4, -0.2) is 24.1 Å². The summed E-state index contributed by atoms with van der Waals surface area (Å²) in [6.07, 6.45) is 2.81. The van der Waals surface area contributed by atoms with Crippen molar-refractivity contribution >= 4 is 0 Å². The molecule has 1 aliphatic rings. The van der Waals surface area contributed by atoms with Crippen molar-refractivity contribution < 1.29 is 4.48 Å². The summed E-state index contributed by atoms with van der Waals surface area (Å²) in [7, 11) is 0. The Morgan fingerprint density at radius 3 is 2.06 bits per heavy atom. The van der Waals surface area contributed by atoms with Crippen LogP contribution in [0.2, 0.25) is 0 Å². The van der Waals surface area contributed by atoms with Crippen LogP contribution in [0.3, 0.4) is 0 Å². The van der Waals surface area contributed by atoms with Gasteiger partial charge in [0.1, 0.15) is 6.54 Å². The second-order valence-corrected chi connectivity index (χ2v) is 7.36. The van der Waals surface area contributed by atoms with E-state index in [0.29, 0.717) is 5.41 Å². The van der Waals surface area contributed by atoms with Gasteiger partial charge in [0, 0.05) is 23.8 Å². The van der Waals surface area contributed by atoms with Crippen LogP contribution in [-0.2, 0) is 6.54 Å². The van der Waals surface area contributed by atoms with Gasteiger partial charge in [-0.05, 0) is 6.92 Å². The lowest BCUT2D eigenvalue weighted by atomic mass is 9.94. The number of hydrogen-bond acceptors (Lipinski definition) is 0.